The molecule has 6 heteroatoms. The summed E-state index contributed by atoms with van der Waals surface area (Å²) in [7, 11) is 1.44. The standard InChI is InChI=1S/C16H15FN2O3/c1-22-15-8-12(4-7-14(15)20)10-18-19-16(21)9-11-2-5-13(17)6-3-11/h2-8,10,20H,9H2,1H3,(H,19,21)/b18-10+. The first kappa shape index (κ1) is 15.5. The maximum Gasteiger partial charge on any atom is 0.244 e. The minimum absolute atomic E-state index is 0.0278. The SMILES string of the molecule is COc1cc(/C=N/NC(=O)Cc2ccc(F)cc2)ccc1O. The number of hydrazone groups is 1. The van der Waals surface area contributed by atoms with Crippen molar-refractivity contribution in [3.05, 3.63) is 59.4 Å². The van der Waals surface area contributed by atoms with Crippen LogP contribution in [0.3, 0.4) is 0 Å². The molecule has 0 unspecified atom stereocenters. The van der Waals surface area contributed by atoms with Crippen LogP contribution in [0.5, 0.6) is 11.5 Å². The quantitative estimate of drug-likeness (QED) is 0.657. The number of phenolic OH excluding ortho intramolecular Hbond substituents is 1. The predicted octanol–water partition coefficient (Wildman–Crippen LogP) is 2.23. The van der Waals surface area contributed by atoms with Crippen molar-refractivity contribution >= 4 is 12.1 Å². The Kier molecular flexibility index (Phi) is 5.08. The Balaban J connectivity index is 1.91. The Morgan fingerprint density at radius 3 is 2.73 bits per heavy atom. The van der Waals surface area contributed by atoms with Crippen LogP contribution in [0.4, 0.5) is 4.39 Å². The van der Waals surface area contributed by atoms with E-state index in [1.165, 1.54) is 31.5 Å². The lowest BCUT2D eigenvalue weighted by molar-refractivity contribution is -0.120. The van der Waals surface area contributed by atoms with Crippen molar-refractivity contribution in [1.29, 1.82) is 0 Å². The Labute approximate surface area is 127 Å². The normalized spacial score (nSPS) is 10.6. The van der Waals surface area contributed by atoms with Gasteiger partial charge < -0.3 is 9.84 Å². The summed E-state index contributed by atoms with van der Waals surface area (Å²) in [6.45, 7) is 0. The Bertz CT molecular complexity index is 684. The number of benzene rings is 2. The van der Waals surface area contributed by atoms with E-state index in [0.717, 1.165) is 0 Å². The van der Waals surface area contributed by atoms with Crippen LogP contribution in [0, 0.1) is 5.82 Å². The van der Waals surface area contributed by atoms with Gasteiger partial charge in [-0.15, -0.1) is 0 Å². The molecule has 0 fully saturated rings. The largest absolute Gasteiger partial charge is 0.504 e. The van der Waals surface area contributed by atoms with Gasteiger partial charge in [-0.2, -0.15) is 5.10 Å². The minimum Gasteiger partial charge on any atom is -0.504 e. The first-order valence-corrected chi connectivity index (χ1v) is 6.52. The van der Waals surface area contributed by atoms with Crippen LogP contribution < -0.4 is 10.2 Å². The molecule has 0 saturated carbocycles. The van der Waals surface area contributed by atoms with Crippen molar-refractivity contribution in [1.82, 2.24) is 5.43 Å². The first-order chi connectivity index (χ1) is 10.6. The number of halogens is 1. The molecule has 0 atom stereocenters. The lowest BCUT2D eigenvalue weighted by Gasteiger charge is -2.03. The molecule has 2 aromatic rings. The van der Waals surface area contributed by atoms with Gasteiger partial charge in [0.25, 0.3) is 0 Å². The average molecular weight is 302 g/mol. The van der Waals surface area contributed by atoms with E-state index in [4.69, 9.17) is 4.74 Å². The second kappa shape index (κ2) is 7.21. The fourth-order valence-corrected chi connectivity index (χ4v) is 1.78. The molecule has 5 nitrogen and oxygen atoms in total. The Morgan fingerprint density at radius 2 is 2.05 bits per heavy atom. The number of hydrogen-bond acceptors (Lipinski definition) is 4. The van der Waals surface area contributed by atoms with Gasteiger partial charge in [-0.05, 0) is 41.5 Å². The molecule has 0 aliphatic rings. The van der Waals surface area contributed by atoms with Gasteiger partial charge >= 0.3 is 0 Å². The van der Waals surface area contributed by atoms with Crippen LogP contribution >= 0.6 is 0 Å². The van der Waals surface area contributed by atoms with Crippen LogP contribution in [0.2, 0.25) is 0 Å². The highest BCUT2D eigenvalue weighted by Crippen LogP contribution is 2.25. The molecule has 0 aromatic heterocycles. The molecule has 0 saturated heterocycles. The molecule has 22 heavy (non-hydrogen) atoms. The number of methoxy groups -OCH3 is 1. The van der Waals surface area contributed by atoms with E-state index < -0.39 is 0 Å². The number of phenols is 1. The molecule has 0 spiro atoms. The molecule has 2 N–H and O–H groups in total. The van der Waals surface area contributed by atoms with Gasteiger partial charge in [-0.25, -0.2) is 9.82 Å². The van der Waals surface area contributed by atoms with E-state index in [-0.39, 0.29) is 23.9 Å². The van der Waals surface area contributed by atoms with Gasteiger partial charge in [0.15, 0.2) is 11.5 Å². The van der Waals surface area contributed by atoms with Crippen molar-refractivity contribution in [3.63, 3.8) is 0 Å². The molecular weight excluding hydrogens is 287 g/mol. The maximum absolute atomic E-state index is 12.8. The summed E-state index contributed by atoms with van der Waals surface area (Å²) in [6.07, 6.45) is 1.54. The number of aromatic hydroxyl groups is 1. The third kappa shape index (κ3) is 4.31. The van der Waals surface area contributed by atoms with Gasteiger partial charge in [-0.1, -0.05) is 12.1 Å². The van der Waals surface area contributed by atoms with Crippen LogP contribution in [0.25, 0.3) is 0 Å². The predicted molar refractivity (Wildman–Crippen MR) is 80.5 cm³/mol. The molecule has 0 aliphatic heterocycles. The fourth-order valence-electron chi connectivity index (χ4n) is 1.78. The lowest BCUT2D eigenvalue weighted by Crippen LogP contribution is -2.19. The summed E-state index contributed by atoms with van der Waals surface area (Å²) in [5, 5.41) is 13.3. The van der Waals surface area contributed by atoms with Gasteiger partial charge in [-0.3, -0.25) is 4.79 Å². The van der Waals surface area contributed by atoms with Crippen molar-refractivity contribution in [2.24, 2.45) is 5.10 Å². The topological polar surface area (TPSA) is 70.9 Å². The summed E-state index contributed by atoms with van der Waals surface area (Å²) >= 11 is 0. The molecule has 0 radical (unpaired) electrons. The fraction of sp³-hybridized carbons (Fsp3) is 0.125. The second-order valence-corrected chi connectivity index (χ2v) is 4.53. The highest BCUT2D eigenvalue weighted by molar-refractivity contribution is 5.84. The van der Waals surface area contributed by atoms with E-state index in [9.17, 15) is 14.3 Å². The Hall–Kier alpha value is -2.89. The second-order valence-electron chi connectivity index (χ2n) is 4.53. The summed E-state index contributed by atoms with van der Waals surface area (Å²) in [4.78, 5) is 11.7. The highest BCUT2D eigenvalue weighted by atomic mass is 19.1. The van der Waals surface area contributed by atoms with Crippen LogP contribution in [0.15, 0.2) is 47.6 Å². The first-order valence-electron chi connectivity index (χ1n) is 6.52. The lowest BCUT2D eigenvalue weighted by atomic mass is 10.1. The number of hydrogen-bond donors (Lipinski definition) is 2. The average Bonchev–Trinajstić information content (AvgIpc) is 2.51. The molecule has 2 aromatic carbocycles. The van der Waals surface area contributed by atoms with Crippen molar-refractivity contribution in [2.45, 2.75) is 6.42 Å². The van der Waals surface area contributed by atoms with E-state index in [1.807, 2.05) is 0 Å². The van der Waals surface area contributed by atoms with Crippen LogP contribution in [0.1, 0.15) is 11.1 Å². The third-order valence-electron chi connectivity index (χ3n) is 2.88. The number of nitrogens with zero attached hydrogens (tertiary/aromatic N) is 1. The van der Waals surface area contributed by atoms with E-state index in [0.29, 0.717) is 16.9 Å². The zero-order valence-electron chi connectivity index (χ0n) is 11.9. The van der Waals surface area contributed by atoms with E-state index in [2.05, 4.69) is 10.5 Å². The minimum atomic E-state index is -0.344. The van der Waals surface area contributed by atoms with E-state index >= 15 is 0 Å². The zero-order valence-corrected chi connectivity index (χ0v) is 11.9. The molecule has 0 bridgehead atoms. The highest BCUT2D eigenvalue weighted by Gasteiger charge is 2.03. The van der Waals surface area contributed by atoms with Crippen LogP contribution in [-0.2, 0) is 11.2 Å². The summed E-state index contributed by atoms with van der Waals surface area (Å²) < 4.78 is 17.7. The number of rotatable bonds is 5. The monoisotopic (exact) mass is 302 g/mol. The van der Waals surface area contributed by atoms with Crippen LogP contribution in [-0.4, -0.2) is 24.3 Å². The number of carbonyl (C=O) groups excluding carboxylic acids is 1. The zero-order chi connectivity index (χ0) is 15.9. The van der Waals surface area contributed by atoms with Gasteiger partial charge in [0.1, 0.15) is 5.82 Å². The molecule has 1 amide bonds. The van der Waals surface area contributed by atoms with Gasteiger partial charge in [0.05, 0.1) is 19.7 Å². The molecular formula is C16H15FN2O3. The smallest absolute Gasteiger partial charge is 0.244 e. The number of amides is 1. The maximum atomic E-state index is 12.8. The van der Waals surface area contributed by atoms with Crippen molar-refractivity contribution in [2.75, 3.05) is 7.11 Å². The molecule has 114 valence electrons. The van der Waals surface area contributed by atoms with Gasteiger partial charge in [0, 0.05) is 0 Å². The Morgan fingerprint density at radius 1 is 1.32 bits per heavy atom. The number of carbonyl (C=O) groups is 1. The third-order valence-corrected chi connectivity index (χ3v) is 2.88. The summed E-state index contributed by atoms with van der Waals surface area (Å²) in [6, 6.07) is 10.4. The van der Waals surface area contributed by atoms with Crippen molar-refractivity contribution < 1.29 is 19.0 Å². The number of ether oxygens (including phenoxy) is 1. The summed E-state index contributed by atoms with van der Waals surface area (Å²) in [5.74, 6) is -0.307. The van der Waals surface area contributed by atoms with Gasteiger partial charge in [0.2, 0.25) is 5.91 Å². The van der Waals surface area contributed by atoms with E-state index in [1.54, 1.807) is 24.3 Å². The summed E-state index contributed by atoms with van der Waals surface area (Å²) in [5.41, 5.74) is 3.74. The molecule has 0 aliphatic carbocycles. The van der Waals surface area contributed by atoms with Crippen molar-refractivity contribution in [3.8, 4) is 11.5 Å². The number of nitrogens with one attached hydrogen (secondary N) is 1. The molecule has 0 heterocycles. The molecule has 2 rings (SSSR count).